The van der Waals surface area contributed by atoms with Crippen LogP contribution in [-0.4, -0.2) is 36.0 Å². The van der Waals surface area contributed by atoms with Crippen molar-refractivity contribution in [3.8, 4) is 0 Å². The molecule has 0 heterocycles. The van der Waals surface area contributed by atoms with E-state index in [1.54, 1.807) is 6.07 Å². The number of nitro benzene ring substituents is 1. The van der Waals surface area contributed by atoms with Gasteiger partial charge in [-0.3, -0.25) is 10.1 Å². The first kappa shape index (κ1) is 16.5. The Kier molecular flexibility index (Phi) is 7.11. The summed E-state index contributed by atoms with van der Waals surface area (Å²) in [6, 6.07) is 4.01. The molecule has 0 saturated heterocycles. The summed E-state index contributed by atoms with van der Waals surface area (Å²) in [6.45, 7) is 8.76. The van der Waals surface area contributed by atoms with Crippen LogP contribution in [0.2, 0.25) is 0 Å². The zero-order valence-electron chi connectivity index (χ0n) is 12.1. The fourth-order valence-electron chi connectivity index (χ4n) is 2.01. The van der Waals surface area contributed by atoms with Crippen molar-refractivity contribution < 1.29 is 9.31 Å². The Hall–Kier alpha value is -1.53. The van der Waals surface area contributed by atoms with Crippen LogP contribution in [0, 0.1) is 15.9 Å². The first-order valence-corrected chi connectivity index (χ1v) is 6.94. The number of nitrogens with one attached hydrogen (secondary N) is 1. The summed E-state index contributed by atoms with van der Waals surface area (Å²) in [6.07, 6.45) is 1.02. The van der Waals surface area contributed by atoms with Gasteiger partial charge in [0.15, 0.2) is 0 Å². The molecule has 5 nitrogen and oxygen atoms in total. The first-order valence-electron chi connectivity index (χ1n) is 6.94. The van der Waals surface area contributed by atoms with Gasteiger partial charge in [0.05, 0.1) is 4.92 Å². The molecule has 0 aromatic heterocycles. The summed E-state index contributed by atoms with van der Waals surface area (Å²) in [5, 5.41) is 13.7. The van der Waals surface area contributed by atoms with E-state index in [0.29, 0.717) is 6.54 Å². The van der Waals surface area contributed by atoms with Crippen LogP contribution in [0.25, 0.3) is 0 Å². The lowest BCUT2D eigenvalue weighted by Crippen LogP contribution is -2.27. The summed E-state index contributed by atoms with van der Waals surface area (Å²) in [5.41, 5.74) is 0.242. The predicted molar refractivity (Wildman–Crippen MR) is 77.2 cm³/mol. The van der Waals surface area contributed by atoms with Crippen molar-refractivity contribution in [3.63, 3.8) is 0 Å². The van der Waals surface area contributed by atoms with Crippen LogP contribution in [0.3, 0.4) is 0 Å². The van der Waals surface area contributed by atoms with Crippen LogP contribution < -0.4 is 5.32 Å². The van der Waals surface area contributed by atoms with Crippen LogP contribution in [0.15, 0.2) is 18.2 Å². The average molecular weight is 283 g/mol. The van der Waals surface area contributed by atoms with Gasteiger partial charge in [0.1, 0.15) is 0 Å². The molecule has 1 aromatic carbocycles. The summed E-state index contributed by atoms with van der Waals surface area (Å²) in [5.74, 6) is -0.780. The van der Waals surface area contributed by atoms with Gasteiger partial charge in [-0.2, -0.15) is 4.39 Å². The molecule has 0 aliphatic carbocycles. The van der Waals surface area contributed by atoms with E-state index in [4.69, 9.17) is 0 Å². The maximum absolute atomic E-state index is 13.4. The van der Waals surface area contributed by atoms with E-state index in [0.717, 1.165) is 38.2 Å². The zero-order chi connectivity index (χ0) is 15.0. The maximum Gasteiger partial charge on any atom is 0.304 e. The Morgan fingerprint density at radius 2 is 2.05 bits per heavy atom. The monoisotopic (exact) mass is 283 g/mol. The summed E-state index contributed by atoms with van der Waals surface area (Å²) in [4.78, 5) is 12.1. The average Bonchev–Trinajstić information content (AvgIpc) is 2.42. The number of benzene rings is 1. The Bertz CT molecular complexity index is 436. The molecule has 20 heavy (non-hydrogen) atoms. The topological polar surface area (TPSA) is 58.4 Å². The van der Waals surface area contributed by atoms with Crippen molar-refractivity contribution in [1.29, 1.82) is 0 Å². The van der Waals surface area contributed by atoms with Gasteiger partial charge in [-0.25, -0.2) is 0 Å². The van der Waals surface area contributed by atoms with Crippen LogP contribution >= 0.6 is 0 Å². The lowest BCUT2D eigenvalue weighted by molar-refractivity contribution is -0.387. The molecule has 0 saturated carbocycles. The third kappa shape index (κ3) is 5.22. The van der Waals surface area contributed by atoms with Crippen molar-refractivity contribution in [2.45, 2.75) is 26.8 Å². The minimum atomic E-state index is -0.780. The van der Waals surface area contributed by atoms with E-state index < -0.39 is 16.4 Å². The molecular weight excluding hydrogens is 261 g/mol. The van der Waals surface area contributed by atoms with Gasteiger partial charge < -0.3 is 10.2 Å². The lowest BCUT2D eigenvalue weighted by atomic mass is 10.2. The van der Waals surface area contributed by atoms with Crippen LogP contribution in [0.1, 0.15) is 25.8 Å². The molecule has 0 fully saturated rings. The molecule has 0 spiro atoms. The normalized spacial score (nSPS) is 11.0. The Labute approximate surface area is 118 Å². The second-order valence-electron chi connectivity index (χ2n) is 4.60. The van der Waals surface area contributed by atoms with E-state index in [1.165, 1.54) is 12.1 Å². The van der Waals surface area contributed by atoms with Crippen molar-refractivity contribution in [1.82, 2.24) is 10.2 Å². The molecule has 1 rings (SSSR count). The quantitative estimate of drug-likeness (QED) is 0.430. The van der Waals surface area contributed by atoms with Gasteiger partial charge in [-0.1, -0.05) is 19.9 Å². The predicted octanol–water partition coefficient (Wildman–Crippen LogP) is 2.56. The largest absolute Gasteiger partial charge is 0.313 e. The summed E-state index contributed by atoms with van der Waals surface area (Å²) >= 11 is 0. The third-order valence-corrected chi connectivity index (χ3v) is 3.26. The molecule has 6 heteroatoms. The minimum absolute atomic E-state index is 0.477. The molecule has 0 bridgehead atoms. The highest BCUT2D eigenvalue weighted by Gasteiger charge is 2.13. The van der Waals surface area contributed by atoms with Gasteiger partial charge in [0, 0.05) is 12.6 Å². The molecule has 112 valence electrons. The molecule has 1 aromatic rings. The molecule has 0 radical (unpaired) electrons. The highest BCUT2D eigenvalue weighted by atomic mass is 19.1. The number of rotatable bonds is 9. The van der Waals surface area contributed by atoms with Gasteiger partial charge in [-0.15, -0.1) is 0 Å². The number of halogens is 1. The second kappa shape index (κ2) is 8.60. The molecule has 0 atom stereocenters. The van der Waals surface area contributed by atoms with E-state index in [-0.39, 0.29) is 0 Å². The Morgan fingerprint density at radius 1 is 1.35 bits per heavy atom. The number of hydrogen-bond donors (Lipinski definition) is 1. The molecule has 0 aliphatic heterocycles. The number of hydrogen-bond acceptors (Lipinski definition) is 4. The zero-order valence-corrected chi connectivity index (χ0v) is 12.1. The fourth-order valence-corrected chi connectivity index (χ4v) is 2.01. The third-order valence-electron chi connectivity index (χ3n) is 3.26. The van der Waals surface area contributed by atoms with Gasteiger partial charge >= 0.3 is 5.69 Å². The molecule has 0 unspecified atom stereocenters. The lowest BCUT2D eigenvalue weighted by Gasteiger charge is -2.17. The van der Waals surface area contributed by atoms with Crippen molar-refractivity contribution in [2.24, 2.45) is 0 Å². The van der Waals surface area contributed by atoms with E-state index in [1.807, 2.05) is 0 Å². The standard InChI is InChI=1S/C14H22FN3O2/c1-3-17(4-2)9-5-8-16-11-12-6-7-14(18(19)20)13(15)10-12/h6-7,10,16H,3-5,8-9,11H2,1-2H3. The summed E-state index contributed by atoms with van der Waals surface area (Å²) in [7, 11) is 0. The first-order chi connectivity index (χ1) is 9.58. The molecular formula is C14H22FN3O2. The van der Waals surface area contributed by atoms with E-state index in [9.17, 15) is 14.5 Å². The Balaban J connectivity index is 2.32. The van der Waals surface area contributed by atoms with Crippen LogP contribution in [-0.2, 0) is 6.54 Å². The van der Waals surface area contributed by atoms with E-state index >= 15 is 0 Å². The maximum atomic E-state index is 13.4. The van der Waals surface area contributed by atoms with Gasteiger partial charge in [-0.05, 0) is 44.2 Å². The molecule has 0 amide bonds. The summed E-state index contributed by atoms with van der Waals surface area (Å²) < 4.78 is 13.4. The highest BCUT2D eigenvalue weighted by molar-refractivity contribution is 5.34. The van der Waals surface area contributed by atoms with Gasteiger partial charge in [0.2, 0.25) is 5.82 Å². The van der Waals surface area contributed by atoms with Crippen molar-refractivity contribution in [2.75, 3.05) is 26.2 Å². The fraction of sp³-hybridized carbons (Fsp3) is 0.571. The molecule has 0 aliphatic rings. The highest BCUT2D eigenvalue weighted by Crippen LogP contribution is 2.17. The number of nitro groups is 1. The van der Waals surface area contributed by atoms with Gasteiger partial charge in [0.25, 0.3) is 0 Å². The second-order valence-corrected chi connectivity index (χ2v) is 4.60. The Morgan fingerprint density at radius 3 is 2.60 bits per heavy atom. The van der Waals surface area contributed by atoms with Crippen LogP contribution in [0.4, 0.5) is 10.1 Å². The number of nitrogens with zero attached hydrogens (tertiary/aromatic N) is 2. The van der Waals surface area contributed by atoms with E-state index in [2.05, 4.69) is 24.1 Å². The van der Waals surface area contributed by atoms with Crippen LogP contribution in [0.5, 0.6) is 0 Å². The SMILES string of the molecule is CCN(CC)CCCNCc1ccc([N+](=O)[O-])c(F)c1. The molecule has 1 N–H and O–H groups in total. The minimum Gasteiger partial charge on any atom is -0.313 e. The smallest absolute Gasteiger partial charge is 0.304 e. The van der Waals surface area contributed by atoms with Crippen molar-refractivity contribution in [3.05, 3.63) is 39.7 Å². The van der Waals surface area contributed by atoms with Crippen molar-refractivity contribution >= 4 is 5.69 Å².